The van der Waals surface area contributed by atoms with Gasteiger partial charge >= 0.3 is 0 Å². The Morgan fingerprint density at radius 3 is 2.64 bits per heavy atom. The van der Waals surface area contributed by atoms with Gasteiger partial charge in [-0.25, -0.2) is 4.98 Å². The Hall–Kier alpha value is -3.13. The zero-order valence-electron chi connectivity index (χ0n) is 14.5. The summed E-state index contributed by atoms with van der Waals surface area (Å²) in [5.74, 6) is 0.507. The molecule has 0 fully saturated rings. The van der Waals surface area contributed by atoms with Crippen LogP contribution in [0.1, 0.15) is 10.6 Å². The van der Waals surface area contributed by atoms with Gasteiger partial charge < -0.3 is 14.2 Å². The number of aromatic nitrogens is 1. The number of hydrogen-bond acceptors (Lipinski definition) is 4. The first kappa shape index (κ1) is 17.0. The van der Waals surface area contributed by atoms with Crippen LogP contribution in [0, 0.1) is 3.57 Å². The lowest BCUT2D eigenvalue weighted by atomic mass is 10.2. The Kier molecular flexibility index (Phi) is 4.12. The fourth-order valence-electron chi connectivity index (χ4n) is 3.04. The molecule has 0 aliphatic carbocycles. The highest BCUT2D eigenvalue weighted by Crippen LogP contribution is 2.27. The van der Waals surface area contributed by atoms with Gasteiger partial charge in [0.05, 0.1) is 0 Å². The fraction of sp³-hybridized carbons (Fsp3) is 0. The molecule has 0 bridgehead atoms. The predicted molar refractivity (Wildman–Crippen MR) is 116 cm³/mol. The summed E-state index contributed by atoms with van der Waals surface area (Å²) in [6.45, 7) is 0. The minimum Gasteiger partial charge on any atom is -0.451 e. The molecule has 2 heterocycles. The van der Waals surface area contributed by atoms with Crippen LogP contribution in [0.15, 0.2) is 81.6 Å². The summed E-state index contributed by atoms with van der Waals surface area (Å²) in [5.41, 5.74) is 3.56. The molecular weight excluding hydrogens is 467 g/mol. The van der Waals surface area contributed by atoms with Gasteiger partial charge in [-0.05, 0) is 71.1 Å². The van der Waals surface area contributed by atoms with Crippen LogP contribution in [0.5, 0.6) is 0 Å². The number of amides is 1. The predicted octanol–water partition coefficient (Wildman–Crippen LogP) is 6.10. The van der Waals surface area contributed by atoms with Crippen LogP contribution in [-0.2, 0) is 0 Å². The topological polar surface area (TPSA) is 68.3 Å². The molecule has 3 aromatic carbocycles. The third-order valence-corrected chi connectivity index (χ3v) is 5.04. The maximum Gasteiger partial charge on any atom is 0.291 e. The molecular formula is C22H13IN2O3. The molecule has 28 heavy (non-hydrogen) atoms. The first-order chi connectivity index (χ1) is 13.7. The number of nitrogens with one attached hydrogen (secondary N) is 1. The summed E-state index contributed by atoms with van der Waals surface area (Å²) in [6.07, 6.45) is 0. The number of hydrogen-bond donors (Lipinski definition) is 1. The quantitative estimate of drug-likeness (QED) is 0.317. The van der Waals surface area contributed by atoms with E-state index in [0.717, 1.165) is 14.5 Å². The van der Waals surface area contributed by atoms with Gasteiger partial charge in [0.1, 0.15) is 11.1 Å². The van der Waals surface area contributed by atoms with E-state index in [0.29, 0.717) is 28.3 Å². The first-order valence-electron chi connectivity index (χ1n) is 8.62. The number of carbonyl (C=O) groups is 1. The highest BCUT2D eigenvalue weighted by molar-refractivity contribution is 14.1. The first-order valence-corrected chi connectivity index (χ1v) is 9.70. The van der Waals surface area contributed by atoms with Crippen molar-refractivity contribution in [2.75, 3.05) is 5.32 Å². The maximum atomic E-state index is 12.5. The summed E-state index contributed by atoms with van der Waals surface area (Å²) >= 11 is 2.25. The van der Waals surface area contributed by atoms with Crippen LogP contribution in [0.2, 0.25) is 0 Å². The Labute approximate surface area is 173 Å². The second kappa shape index (κ2) is 6.79. The summed E-state index contributed by atoms with van der Waals surface area (Å²) < 4.78 is 12.6. The molecule has 5 aromatic rings. The van der Waals surface area contributed by atoms with Crippen LogP contribution >= 0.6 is 22.6 Å². The molecule has 1 amide bonds. The number of fused-ring (bicyclic) bond motifs is 2. The monoisotopic (exact) mass is 480 g/mol. The highest BCUT2D eigenvalue weighted by atomic mass is 127. The molecule has 1 N–H and O–H groups in total. The van der Waals surface area contributed by atoms with Crippen LogP contribution in [0.25, 0.3) is 33.5 Å². The van der Waals surface area contributed by atoms with Gasteiger partial charge in [-0.2, -0.15) is 0 Å². The Bertz CT molecular complexity index is 1300. The number of anilines is 1. The van der Waals surface area contributed by atoms with Gasteiger partial charge in [-0.1, -0.05) is 24.3 Å². The summed E-state index contributed by atoms with van der Waals surface area (Å²) in [5, 5.41) is 3.74. The largest absolute Gasteiger partial charge is 0.451 e. The van der Waals surface area contributed by atoms with E-state index < -0.39 is 0 Å². The fourth-order valence-corrected chi connectivity index (χ4v) is 3.58. The number of para-hydroxylation sites is 1. The Morgan fingerprint density at radius 1 is 0.893 bits per heavy atom. The van der Waals surface area contributed by atoms with E-state index in [1.54, 1.807) is 24.3 Å². The smallest absolute Gasteiger partial charge is 0.291 e. The number of nitrogens with zero attached hydrogens (tertiary/aromatic N) is 1. The summed E-state index contributed by atoms with van der Waals surface area (Å²) in [7, 11) is 0. The van der Waals surface area contributed by atoms with Crippen LogP contribution in [-0.4, -0.2) is 10.9 Å². The third-order valence-electron chi connectivity index (χ3n) is 4.37. The molecule has 0 saturated heterocycles. The minimum absolute atomic E-state index is 0.265. The molecule has 0 spiro atoms. The summed E-state index contributed by atoms with van der Waals surface area (Å²) in [6, 6.07) is 22.6. The standard InChI is InChI=1S/C22H13IN2O3/c23-15-6-3-5-14(10-15)22-25-17-12-16(8-9-19(17)28-22)24-21(26)20-11-13-4-1-2-7-18(13)27-20/h1-12H,(H,24,26). The average Bonchev–Trinajstić information content (AvgIpc) is 3.32. The number of carbonyl (C=O) groups excluding carboxylic acids is 1. The van der Waals surface area contributed by atoms with Crippen LogP contribution in [0.4, 0.5) is 5.69 Å². The molecule has 0 atom stereocenters. The molecule has 6 heteroatoms. The second-order valence-corrected chi connectivity index (χ2v) is 7.56. The van der Waals surface area contributed by atoms with E-state index in [9.17, 15) is 4.79 Å². The van der Waals surface area contributed by atoms with Crippen molar-refractivity contribution in [2.45, 2.75) is 0 Å². The van der Waals surface area contributed by atoms with Gasteiger partial charge in [0.2, 0.25) is 5.89 Å². The van der Waals surface area contributed by atoms with E-state index >= 15 is 0 Å². The van der Waals surface area contributed by atoms with Crippen molar-refractivity contribution in [3.8, 4) is 11.5 Å². The number of oxazole rings is 1. The van der Waals surface area contributed by atoms with E-state index in [1.807, 2.05) is 48.5 Å². The zero-order chi connectivity index (χ0) is 19.1. The Morgan fingerprint density at radius 2 is 1.79 bits per heavy atom. The van der Waals surface area contributed by atoms with Crippen molar-refractivity contribution in [1.29, 1.82) is 0 Å². The molecule has 136 valence electrons. The molecule has 0 aliphatic rings. The van der Waals surface area contributed by atoms with Gasteiger partial charge in [0.25, 0.3) is 5.91 Å². The average molecular weight is 480 g/mol. The minimum atomic E-state index is -0.308. The molecule has 2 aromatic heterocycles. The lowest BCUT2D eigenvalue weighted by molar-refractivity contribution is 0.0998. The molecule has 5 rings (SSSR count). The lowest BCUT2D eigenvalue weighted by Gasteiger charge is -2.02. The third kappa shape index (κ3) is 3.16. The molecule has 0 aliphatic heterocycles. The number of benzene rings is 3. The van der Waals surface area contributed by atoms with E-state index in [-0.39, 0.29) is 11.7 Å². The van der Waals surface area contributed by atoms with E-state index in [4.69, 9.17) is 8.83 Å². The normalized spacial score (nSPS) is 11.2. The summed E-state index contributed by atoms with van der Waals surface area (Å²) in [4.78, 5) is 17.1. The van der Waals surface area contributed by atoms with Crippen molar-refractivity contribution in [3.63, 3.8) is 0 Å². The number of halogens is 1. The molecule has 0 radical (unpaired) electrons. The van der Waals surface area contributed by atoms with E-state index in [1.165, 1.54) is 0 Å². The zero-order valence-corrected chi connectivity index (χ0v) is 16.6. The number of furan rings is 1. The van der Waals surface area contributed by atoms with Crippen molar-refractivity contribution in [1.82, 2.24) is 4.98 Å². The molecule has 0 saturated carbocycles. The SMILES string of the molecule is O=C(Nc1ccc2oc(-c3cccc(I)c3)nc2c1)c1cc2ccccc2o1. The van der Waals surface area contributed by atoms with Crippen molar-refractivity contribution in [3.05, 3.63) is 82.1 Å². The van der Waals surface area contributed by atoms with Gasteiger partial charge in [-0.3, -0.25) is 4.79 Å². The van der Waals surface area contributed by atoms with Crippen LogP contribution < -0.4 is 5.32 Å². The maximum absolute atomic E-state index is 12.5. The Balaban J connectivity index is 1.43. The van der Waals surface area contributed by atoms with Crippen LogP contribution in [0.3, 0.4) is 0 Å². The van der Waals surface area contributed by atoms with Crippen molar-refractivity contribution in [2.24, 2.45) is 0 Å². The van der Waals surface area contributed by atoms with Crippen molar-refractivity contribution >= 4 is 56.3 Å². The molecule has 5 nitrogen and oxygen atoms in total. The van der Waals surface area contributed by atoms with E-state index in [2.05, 4.69) is 32.9 Å². The van der Waals surface area contributed by atoms with Crippen molar-refractivity contribution < 1.29 is 13.6 Å². The number of rotatable bonds is 3. The highest BCUT2D eigenvalue weighted by Gasteiger charge is 2.14. The molecule has 0 unspecified atom stereocenters. The van der Waals surface area contributed by atoms with Gasteiger partial charge in [0.15, 0.2) is 11.3 Å². The second-order valence-electron chi connectivity index (χ2n) is 6.31. The lowest BCUT2D eigenvalue weighted by Crippen LogP contribution is -2.10. The van der Waals surface area contributed by atoms with Gasteiger partial charge in [-0.15, -0.1) is 0 Å². The van der Waals surface area contributed by atoms with Gasteiger partial charge in [0, 0.05) is 20.2 Å².